The standard InChI is InChI=1S/C13H19NO2/c1-10(16)12(8-9-15)13(2,14)11-6-4-3-5-7-11/h3-7,12,15H,8-9,14H2,1-2H3/t12-,13-/m0/s1. The van der Waals surface area contributed by atoms with Gasteiger partial charge in [0.25, 0.3) is 0 Å². The summed E-state index contributed by atoms with van der Waals surface area (Å²) in [5.41, 5.74) is 6.43. The zero-order chi connectivity index (χ0) is 12.2. The quantitative estimate of drug-likeness (QED) is 0.791. The fourth-order valence-electron chi connectivity index (χ4n) is 2.05. The largest absolute Gasteiger partial charge is 0.396 e. The lowest BCUT2D eigenvalue weighted by Gasteiger charge is -2.32. The van der Waals surface area contributed by atoms with Crippen LogP contribution in [0.5, 0.6) is 0 Å². The van der Waals surface area contributed by atoms with E-state index in [-0.39, 0.29) is 18.3 Å². The molecule has 3 N–H and O–H groups in total. The van der Waals surface area contributed by atoms with E-state index in [4.69, 9.17) is 10.8 Å². The molecule has 3 heteroatoms. The number of hydrogen-bond donors (Lipinski definition) is 2. The maximum Gasteiger partial charge on any atom is 0.135 e. The van der Waals surface area contributed by atoms with Crippen LogP contribution in [0.4, 0.5) is 0 Å². The van der Waals surface area contributed by atoms with Crippen LogP contribution in [-0.4, -0.2) is 17.5 Å². The molecule has 0 radical (unpaired) electrons. The Balaban J connectivity index is 3.02. The van der Waals surface area contributed by atoms with Crippen molar-refractivity contribution in [3.8, 4) is 0 Å². The molecule has 0 bridgehead atoms. The first-order valence-corrected chi connectivity index (χ1v) is 5.46. The maximum atomic E-state index is 11.6. The second-order valence-electron chi connectivity index (χ2n) is 4.32. The molecule has 1 aromatic rings. The fourth-order valence-corrected chi connectivity index (χ4v) is 2.05. The van der Waals surface area contributed by atoms with Crippen LogP contribution in [0.25, 0.3) is 0 Å². The lowest BCUT2D eigenvalue weighted by atomic mass is 9.77. The molecule has 1 rings (SSSR count). The summed E-state index contributed by atoms with van der Waals surface area (Å²) in [6, 6.07) is 9.53. The number of aliphatic hydroxyl groups excluding tert-OH is 1. The number of Topliss-reactive ketones (excluding diaryl/α,β-unsaturated/α-hetero) is 1. The summed E-state index contributed by atoms with van der Waals surface area (Å²) >= 11 is 0. The molecular weight excluding hydrogens is 202 g/mol. The Bertz CT molecular complexity index is 346. The molecule has 0 heterocycles. The Kier molecular flexibility index (Phi) is 4.21. The molecule has 0 spiro atoms. The van der Waals surface area contributed by atoms with E-state index in [9.17, 15) is 4.79 Å². The average Bonchev–Trinajstić information content (AvgIpc) is 2.26. The molecule has 16 heavy (non-hydrogen) atoms. The summed E-state index contributed by atoms with van der Waals surface area (Å²) in [7, 11) is 0. The van der Waals surface area contributed by atoms with E-state index in [1.165, 1.54) is 6.92 Å². The topological polar surface area (TPSA) is 63.3 Å². The van der Waals surface area contributed by atoms with Gasteiger partial charge in [0.2, 0.25) is 0 Å². The van der Waals surface area contributed by atoms with E-state index in [1.807, 2.05) is 37.3 Å². The number of benzene rings is 1. The van der Waals surface area contributed by atoms with Crippen molar-refractivity contribution >= 4 is 5.78 Å². The van der Waals surface area contributed by atoms with Crippen molar-refractivity contribution in [3.05, 3.63) is 35.9 Å². The zero-order valence-corrected chi connectivity index (χ0v) is 9.81. The van der Waals surface area contributed by atoms with Gasteiger partial charge in [-0.25, -0.2) is 0 Å². The predicted octanol–water partition coefficient (Wildman–Crippen LogP) is 1.45. The van der Waals surface area contributed by atoms with Gasteiger partial charge >= 0.3 is 0 Å². The summed E-state index contributed by atoms with van der Waals surface area (Å²) in [6.07, 6.45) is 0.400. The highest BCUT2D eigenvalue weighted by Crippen LogP contribution is 2.29. The lowest BCUT2D eigenvalue weighted by Crippen LogP contribution is -2.44. The Morgan fingerprint density at radius 2 is 2.00 bits per heavy atom. The number of carbonyl (C=O) groups excluding carboxylic acids is 1. The Morgan fingerprint density at radius 3 is 2.44 bits per heavy atom. The van der Waals surface area contributed by atoms with Crippen molar-refractivity contribution in [3.63, 3.8) is 0 Å². The predicted molar refractivity (Wildman–Crippen MR) is 63.9 cm³/mol. The molecule has 0 aliphatic rings. The molecule has 0 aromatic heterocycles. The third-order valence-electron chi connectivity index (χ3n) is 3.03. The normalized spacial score (nSPS) is 16.5. The van der Waals surface area contributed by atoms with Crippen molar-refractivity contribution in [2.24, 2.45) is 11.7 Å². The zero-order valence-electron chi connectivity index (χ0n) is 9.81. The molecule has 0 aliphatic heterocycles. The minimum Gasteiger partial charge on any atom is -0.396 e. The number of ketones is 1. The van der Waals surface area contributed by atoms with Crippen LogP contribution in [0.15, 0.2) is 30.3 Å². The number of rotatable bonds is 5. The lowest BCUT2D eigenvalue weighted by molar-refractivity contribution is -0.123. The van der Waals surface area contributed by atoms with Crippen molar-refractivity contribution in [1.29, 1.82) is 0 Å². The molecule has 0 aliphatic carbocycles. The second-order valence-corrected chi connectivity index (χ2v) is 4.32. The Labute approximate surface area is 96.3 Å². The third-order valence-corrected chi connectivity index (χ3v) is 3.03. The first-order valence-electron chi connectivity index (χ1n) is 5.46. The summed E-state index contributed by atoms with van der Waals surface area (Å²) < 4.78 is 0. The van der Waals surface area contributed by atoms with Gasteiger partial charge in [0, 0.05) is 18.1 Å². The second kappa shape index (κ2) is 5.23. The summed E-state index contributed by atoms with van der Waals surface area (Å²) in [4.78, 5) is 11.6. The maximum absolute atomic E-state index is 11.6. The van der Waals surface area contributed by atoms with Crippen molar-refractivity contribution < 1.29 is 9.90 Å². The fraction of sp³-hybridized carbons (Fsp3) is 0.462. The molecule has 0 saturated carbocycles. The van der Waals surface area contributed by atoms with Crippen molar-refractivity contribution in [1.82, 2.24) is 0 Å². The van der Waals surface area contributed by atoms with Gasteiger partial charge in [0.15, 0.2) is 0 Å². The van der Waals surface area contributed by atoms with Crippen LogP contribution in [0.3, 0.4) is 0 Å². The van der Waals surface area contributed by atoms with Gasteiger partial charge < -0.3 is 10.8 Å². The van der Waals surface area contributed by atoms with Gasteiger partial charge in [-0.15, -0.1) is 0 Å². The Morgan fingerprint density at radius 1 is 1.44 bits per heavy atom. The average molecular weight is 221 g/mol. The minimum atomic E-state index is -0.726. The first kappa shape index (κ1) is 12.9. The van der Waals surface area contributed by atoms with Crippen LogP contribution in [-0.2, 0) is 10.3 Å². The molecule has 0 amide bonds. The van der Waals surface area contributed by atoms with E-state index < -0.39 is 5.54 Å². The van der Waals surface area contributed by atoms with Crippen LogP contribution in [0, 0.1) is 5.92 Å². The van der Waals surface area contributed by atoms with Crippen molar-refractivity contribution in [2.45, 2.75) is 25.8 Å². The van der Waals surface area contributed by atoms with Crippen LogP contribution in [0.2, 0.25) is 0 Å². The molecule has 3 nitrogen and oxygen atoms in total. The molecule has 0 unspecified atom stereocenters. The molecule has 88 valence electrons. The van der Waals surface area contributed by atoms with Gasteiger partial charge in [-0.2, -0.15) is 0 Å². The summed E-state index contributed by atoms with van der Waals surface area (Å²) in [5, 5.41) is 8.99. The number of hydrogen-bond acceptors (Lipinski definition) is 3. The van der Waals surface area contributed by atoms with Gasteiger partial charge in [-0.3, -0.25) is 4.79 Å². The number of nitrogens with two attached hydrogens (primary N) is 1. The Hall–Kier alpha value is -1.19. The molecular formula is C13H19NO2. The van der Waals surface area contributed by atoms with E-state index in [0.29, 0.717) is 6.42 Å². The smallest absolute Gasteiger partial charge is 0.135 e. The van der Waals surface area contributed by atoms with E-state index >= 15 is 0 Å². The van der Waals surface area contributed by atoms with Gasteiger partial charge in [0.1, 0.15) is 5.78 Å². The van der Waals surface area contributed by atoms with E-state index in [1.54, 1.807) is 0 Å². The summed E-state index contributed by atoms with van der Waals surface area (Å²) in [5.74, 6) is -0.331. The van der Waals surface area contributed by atoms with Gasteiger partial charge in [-0.1, -0.05) is 30.3 Å². The van der Waals surface area contributed by atoms with Crippen LogP contribution >= 0.6 is 0 Å². The van der Waals surface area contributed by atoms with Crippen LogP contribution < -0.4 is 5.73 Å². The molecule has 0 saturated heterocycles. The first-order chi connectivity index (χ1) is 7.50. The SMILES string of the molecule is CC(=O)[C@H](CCO)[C@@](C)(N)c1ccccc1. The molecule has 1 aromatic carbocycles. The third kappa shape index (κ3) is 2.68. The monoisotopic (exact) mass is 221 g/mol. The minimum absolute atomic E-state index is 0.0166. The van der Waals surface area contributed by atoms with Gasteiger partial charge in [-0.05, 0) is 25.8 Å². The highest BCUT2D eigenvalue weighted by molar-refractivity contribution is 5.80. The number of carbonyl (C=O) groups is 1. The van der Waals surface area contributed by atoms with Crippen LogP contribution in [0.1, 0.15) is 25.8 Å². The van der Waals surface area contributed by atoms with E-state index in [2.05, 4.69) is 0 Å². The molecule has 0 fully saturated rings. The van der Waals surface area contributed by atoms with E-state index in [0.717, 1.165) is 5.56 Å². The summed E-state index contributed by atoms with van der Waals surface area (Å²) in [6.45, 7) is 3.34. The highest BCUT2D eigenvalue weighted by Gasteiger charge is 2.34. The van der Waals surface area contributed by atoms with Gasteiger partial charge in [0.05, 0.1) is 0 Å². The number of aliphatic hydroxyl groups is 1. The van der Waals surface area contributed by atoms with Crippen molar-refractivity contribution in [2.75, 3.05) is 6.61 Å². The molecule has 2 atom stereocenters. The highest BCUT2D eigenvalue weighted by atomic mass is 16.3.